The summed E-state index contributed by atoms with van der Waals surface area (Å²) in [7, 11) is 0. The van der Waals surface area contributed by atoms with E-state index in [4.69, 9.17) is 11.6 Å². The van der Waals surface area contributed by atoms with Crippen LogP contribution in [-0.2, 0) is 0 Å². The van der Waals surface area contributed by atoms with E-state index in [1.165, 1.54) is 0 Å². The topological polar surface area (TPSA) is 83.6 Å². The van der Waals surface area contributed by atoms with Crippen LogP contribution in [0.1, 0.15) is 11.7 Å². The molecule has 0 saturated heterocycles. The van der Waals surface area contributed by atoms with Crippen molar-refractivity contribution in [2.24, 2.45) is 0 Å². The summed E-state index contributed by atoms with van der Waals surface area (Å²) in [6.07, 6.45) is -3.26. The highest BCUT2D eigenvalue weighted by atomic mass is 35.5. The third kappa shape index (κ3) is 2.87. The minimum Gasteiger partial charge on any atom is -0.389 e. The van der Waals surface area contributed by atoms with Crippen molar-refractivity contribution in [3.63, 3.8) is 0 Å². The van der Waals surface area contributed by atoms with Crippen LogP contribution in [0.4, 0.5) is 14.5 Å². The fourth-order valence-electron chi connectivity index (χ4n) is 1.21. The molecule has 0 aliphatic carbocycles. The summed E-state index contributed by atoms with van der Waals surface area (Å²) in [6.45, 7) is 0. The summed E-state index contributed by atoms with van der Waals surface area (Å²) in [4.78, 5) is 9.36. The van der Waals surface area contributed by atoms with Crippen molar-refractivity contribution in [1.29, 1.82) is 0 Å². The van der Waals surface area contributed by atoms with Gasteiger partial charge in [-0.1, -0.05) is 0 Å². The monoisotopic (exact) mass is 267 g/mol. The standard InChI is InChI=1S/C9H8ClF2NO4/c10-3-8(14)9(15)4-1-7(13(16)17)6(12)2-5(4)11/h1-2,8-9,14-15H,3H2. The second-order valence-corrected chi connectivity index (χ2v) is 3.56. The SMILES string of the molecule is O=[N+]([O-])c1cc(C(O)C(O)CCl)c(F)cc1F. The minimum atomic E-state index is -1.76. The molecule has 0 aromatic heterocycles. The van der Waals surface area contributed by atoms with Gasteiger partial charge < -0.3 is 10.2 Å². The van der Waals surface area contributed by atoms with E-state index < -0.39 is 45.9 Å². The molecule has 0 radical (unpaired) electrons. The summed E-state index contributed by atoms with van der Waals surface area (Å²) in [5.41, 5.74) is -1.56. The molecule has 0 fully saturated rings. The molecule has 1 aromatic rings. The van der Waals surface area contributed by atoms with Crippen molar-refractivity contribution in [1.82, 2.24) is 0 Å². The van der Waals surface area contributed by atoms with Crippen molar-refractivity contribution in [3.05, 3.63) is 39.4 Å². The zero-order chi connectivity index (χ0) is 13.2. The van der Waals surface area contributed by atoms with Crippen molar-refractivity contribution in [2.75, 3.05) is 5.88 Å². The predicted molar refractivity (Wildman–Crippen MR) is 54.7 cm³/mol. The summed E-state index contributed by atoms with van der Waals surface area (Å²) in [6, 6.07) is 0.808. The third-order valence-corrected chi connectivity index (χ3v) is 2.42. The minimum absolute atomic E-state index is 0.275. The lowest BCUT2D eigenvalue weighted by Gasteiger charge is -2.16. The van der Waals surface area contributed by atoms with Gasteiger partial charge in [0.2, 0.25) is 5.82 Å². The number of nitro benzene ring substituents is 1. The molecule has 0 heterocycles. The van der Waals surface area contributed by atoms with Gasteiger partial charge in [-0.25, -0.2) is 4.39 Å². The van der Waals surface area contributed by atoms with Crippen molar-refractivity contribution >= 4 is 17.3 Å². The average Bonchev–Trinajstić information content (AvgIpc) is 2.26. The molecule has 1 aromatic carbocycles. The van der Waals surface area contributed by atoms with Crippen LogP contribution in [0.3, 0.4) is 0 Å². The maximum atomic E-state index is 13.3. The lowest BCUT2D eigenvalue weighted by molar-refractivity contribution is -0.387. The summed E-state index contributed by atoms with van der Waals surface area (Å²) >= 11 is 5.24. The second-order valence-electron chi connectivity index (χ2n) is 3.25. The first-order chi connectivity index (χ1) is 7.88. The van der Waals surface area contributed by atoms with Gasteiger partial charge in [-0.15, -0.1) is 11.6 Å². The Balaban J connectivity index is 3.24. The molecule has 0 spiro atoms. The number of nitro groups is 1. The van der Waals surface area contributed by atoms with Crippen molar-refractivity contribution in [2.45, 2.75) is 12.2 Å². The van der Waals surface area contributed by atoms with Gasteiger partial charge in [-0.2, -0.15) is 4.39 Å². The van der Waals surface area contributed by atoms with Gasteiger partial charge in [0.25, 0.3) is 0 Å². The Morgan fingerprint density at radius 2 is 1.94 bits per heavy atom. The van der Waals surface area contributed by atoms with Gasteiger partial charge in [0.1, 0.15) is 11.9 Å². The van der Waals surface area contributed by atoms with E-state index in [1.807, 2.05) is 0 Å². The van der Waals surface area contributed by atoms with Crippen LogP contribution in [0, 0.1) is 21.7 Å². The van der Waals surface area contributed by atoms with Crippen LogP contribution in [0.2, 0.25) is 0 Å². The Kier molecular flexibility index (Phi) is 4.33. The van der Waals surface area contributed by atoms with Gasteiger partial charge in [-0.05, 0) is 0 Å². The van der Waals surface area contributed by atoms with E-state index in [-0.39, 0.29) is 6.07 Å². The number of benzene rings is 1. The lowest BCUT2D eigenvalue weighted by atomic mass is 10.0. The molecule has 0 aliphatic rings. The van der Waals surface area contributed by atoms with E-state index in [2.05, 4.69) is 0 Å². The van der Waals surface area contributed by atoms with Crippen molar-refractivity contribution in [3.8, 4) is 0 Å². The molecule has 0 amide bonds. The fraction of sp³-hybridized carbons (Fsp3) is 0.333. The van der Waals surface area contributed by atoms with Crippen LogP contribution in [-0.4, -0.2) is 27.1 Å². The quantitative estimate of drug-likeness (QED) is 0.492. The molecule has 1 rings (SSSR count). The molecule has 2 unspecified atom stereocenters. The smallest absolute Gasteiger partial charge is 0.305 e. The van der Waals surface area contributed by atoms with E-state index in [9.17, 15) is 29.1 Å². The van der Waals surface area contributed by atoms with Crippen LogP contribution >= 0.6 is 11.6 Å². The summed E-state index contributed by atoms with van der Waals surface area (Å²) < 4.78 is 26.2. The highest BCUT2D eigenvalue weighted by Gasteiger charge is 2.26. The number of rotatable bonds is 4. The highest BCUT2D eigenvalue weighted by Crippen LogP contribution is 2.27. The normalized spacial score (nSPS) is 14.4. The second kappa shape index (κ2) is 5.35. The van der Waals surface area contributed by atoms with E-state index in [1.54, 1.807) is 0 Å². The fourth-order valence-corrected chi connectivity index (χ4v) is 1.38. The van der Waals surface area contributed by atoms with Gasteiger partial charge in [0, 0.05) is 17.7 Å². The molecule has 8 heteroatoms. The molecule has 2 N–H and O–H groups in total. The number of alkyl halides is 1. The van der Waals surface area contributed by atoms with E-state index >= 15 is 0 Å². The molecule has 2 atom stereocenters. The Morgan fingerprint density at radius 1 is 1.35 bits per heavy atom. The number of hydrogen-bond acceptors (Lipinski definition) is 4. The number of halogens is 3. The largest absolute Gasteiger partial charge is 0.389 e. The van der Waals surface area contributed by atoms with Gasteiger partial charge in [-0.3, -0.25) is 10.1 Å². The number of aliphatic hydroxyl groups is 2. The molecule has 5 nitrogen and oxygen atoms in total. The zero-order valence-electron chi connectivity index (χ0n) is 8.31. The molecule has 94 valence electrons. The highest BCUT2D eigenvalue weighted by molar-refractivity contribution is 6.18. The van der Waals surface area contributed by atoms with Gasteiger partial charge >= 0.3 is 5.69 Å². The van der Waals surface area contributed by atoms with Crippen LogP contribution in [0.25, 0.3) is 0 Å². The first kappa shape index (κ1) is 13.8. The van der Waals surface area contributed by atoms with Gasteiger partial charge in [0.05, 0.1) is 16.9 Å². The first-order valence-corrected chi connectivity index (χ1v) is 4.97. The Bertz CT molecular complexity index is 443. The molecular formula is C9H8ClF2NO4. The van der Waals surface area contributed by atoms with Crippen LogP contribution < -0.4 is 0 Å². The average molecular weight is 268 g/mol. The summed E-state index contributed by atoms with van der Waals surface area (Å²) in [5, 5.41) is 29.1. The third-order valence-electron chi connectivity index (χ3n) is 2.10. The maximum absolute atomic E-state index is 13.3. The maximum Gasteiger partial charge on any atom is 0.305 e. The van der Waals surface area contributed by atoms with Gasteiger partial charge in [0.15, 0.2) is 0 Å². The molecule has 0 aliphatic heterocycles. The zero-order valence-corrected chi connectivity index (χ0v) is 9.06. The first-order valence-electron chi connectivity index (χ1n) is 4.44. The number of nitrogens with zero attached hydrogens (tertiary/aromatic N) is 1. The summed E-state index contributed by atoms with van der Waals surface area (Å²) in [5.74, 6) is -2.94. The Morgan fingerprint density at radius 3 is 2.41 bits per heavy atom. The van der Waals surface area contributed by atoms with Crippen molar-refractivity contribution < 1.29 is 23.9 Å². The molecular weight excluding hydrogens is 260 g/mol. The van der Waals surface area contributed by atoms with E-state index in [0.29, 0.717) is 6.07 Å². The number of aliphatic hydroxyl groups excluding tert-OH is 2. The predicted octanol–water partition coefficient (Wildman–Crippen LogP) is 1.51. The van der Waals surface area contributed by atoms with E-state index in [0.717, 1.165) is 0 Å². The molecule has 17 heavy (non-hydrogen) atoms. The molecule has 0 bridgehead atoms. The lowest BCUT2D eigenvalue weighted by Crippen LogP contribution is -2.21. The Labute approximate surface area is 99.4 Å². The number of hydrogen-bond donors (Lipinski definition) is 2. The molecule has 0 saturated carbocycles. The van der Waals surface area contributed by atoms with Crippen LogP contribution in [0.15, 0.2) is 12.1 Å². The Hall–Kier alpha value is -1.31. The van der Waals surface area contributed by atoms with Crippen LogP contribution in [0.5, 0.6) is 0 Å².